The largest absolute Gasteiger partial charge is 0.490 e. The molecule has 4 rings (SSSR count). The Morgan fingerprint density at radius 3 is 2.47 bits per heavy atom. The van der Waals surface area contributed by atoms with Gasteiger partial charge in [0, 0.05) is 29.7 Å². The van der Waals surface area contributed by atoms with Crippen LogP contribution in [0, 0.1) is 0 Å². The molecule has 2 atom stereocenters. The summed E-state index contributed by atoms with van der Waals surface area (Å²) in [4.78, 5) is 28.4. The van der Waals surface area contributed by atoms with Crippen LogP contribution >= 0.6 is 0 Å². The van der Waals surface area contributed by atoms with Crippen LogP contribution in [-0.4, -0.2) is 51.3 Å². The van der Waals surface area contributed by atoms with Gasteiger partial charge in [-0.25, -0.2) is 9.59 Å². The lowest BCUT2D eigenvalue weighted by Crippen LogP contribution is -2.47. The second-order valence-electron chi connectivity index (χ2n) is 9.12. The molecule has 0 spiro atoms. The van der Waals surface area contributed by atoms with Crippen LogP contribution in [0.1, 0.15) is 49.4 Å². The monoisotopic (exact) mass is 478 g/mol. The lowest BCUT2D eigenvalue weighted by Gasteiger charge is -2.36. The Morgan fingerprint density at radius 2 is 1.85 bits per heavy atom. The van der Waals surface area contributed by atoms with Crippen molar-refractivity contribution < 1.29 is 27.9 Å². The zero-order valence-corrected chi connectivity index (χ0v) is 19.1. The smallest absolute Gasteiger partial charge is 0.475 e. The minimum Gasteiger partial charge on any atom is -0.475 e. The predicted octanol–water partition coefficient (Wildman–Crippen LogP) is 4.33. The third-order valence-corrected chi connectivity index (χ3v) is 6.42. The van der Waals surface area contributed by atoms with E-state index < -0.39 is 12.1 Å². The number of pyridine rings is 1. The van der Waals surface area contributed by atoms with Crippen molar-refractivity contribution in [3.8, 4) is 0 Å². The van der Waals surface area contributed by atoms with Crippen molar-refractivity contribution in [2.24, 2.45) is 5.73 Å². The molecule has 184 valence electrons. The number of hydrogen-bond donors (Lipinski definition) is 3. The number of anilines is 1. The average Bonchev–Trinajstić information content (AvgIpc) is 3.08. The number of likely N-dealkylation sites (tertiary alicyclic amines) is 1. The highest BCUT2D eigenvalue weighted by molar-refractivity contribution is 5.90. The summed E-state index contributed by atoms with van der Waals surface area (Å²) in [6.07, 6.45) is 0.390. The molecular weight excluding hydrogens is 449 g/mol. The number of benzene rings is 1. The number of nitrogens with zero attached hydrogens (tertiary/aromatic N) is 2. The number of fused-ring (bicyclic) bond motifs is 1. The van der Waals surface area contributed by atoms with Gasteiger partial charge in [0.15, 0.2) is 0 Å². The van der Waals surface area contributed by atoms with Crippen molar-refractivity contribution in [2.45, 2.75) is 63.2 Å². The van der Waals surface area contributed by atoms with Crippen molar-refractivity contribution in [3.63, 3.8) is 0 Å². The number of urea groups is 1. The van der Waals surface area contributed by atoms with Crippen LogP contribution in [-0.2, 0) is 17.6 Å². The SMILES string of the molecule is CC1(C)C(c2ccccc2)CCN1C(=O)Nc1cnc2c(c1)CC(N)CC2.O=C(O)C(F)(F)F. The fourth-order valence-electron chi connectivity index (χ4n) is 4.62. The van der Waals surface area contributed by atoms with Gasteiger partial charge in [-0.1, -0.05) is 30.3 Å². The third-order valence-electron chi connectivity index (χ3n) is 6.42. The second-order valence-corrected chi connectivity index (χ2v) is 9.12. The van der Waals surface area contributed by atoms with Crippen molar-refractivity contribution in [3.05, 3.63) is 59.4 Å². The highest BCUT2D eigenvalue weighted by Gasteiger charge is 2.44. The van der Waals surface area contributed by atoms with Gasteiger partial charge in [0.25, 0.3) is 0 Å². The van der Waals surface area contributed by atoms with E-state index in [4.69, 9.17) is 15.6 Å². The first-order valence-electron chi connectivity index (χ1n) is 11.1. The molecule has 1 fully saturated rings. The number of rotatable bonds is 2. The van der Waals surface area contributed by atoms with E-state index in [-0.39, 0.29) is 17.6 Å². The van der Waals surface area contributed by atoms with E-state index in [9.17, 15) is 18.0 Å². The molecule has 2 aromatic rings. The number of amides is 2. The normalized spacial score (nSPS) is 21.2. The zero-order chi connectivity index (χ0) is 25.1. The van der Waals surface area contributed by atoms with Crippen molar-refractivity contribution in [1.82, 2.24) is 9.88 Å². The van der Waals surface area contributed by atoms with Crippen molar-refractivity contribution >= 4 is 17.7 Å². The number of aromatic nitrogens is 1. The molecule has 7 nitrogen and oxygen atoms in total. The maximum absolute atomic E-state index is 13.0. The average molecular weight is 479 g/mol. The van der Waals surface area contributed by atoms with E-state index in [0.717, 1.165) is 49.2 Å². The summed E-state index contributed by atoms with van der Waals surface area (Å²) in [7, 11) is 0. The molecule has 0 bridgehead atoms. The van der Waals surface area contributed by atoms with Gasteiger partial charge in [0.2, 0.25) is 0 Å². The minimum absolute atomic E-state index is 0.0553. The molecule has 1 aliphatic carbocycles. The molecule has 34 heavy (non-hydrogen) atoms. The summed E-state index contributed by atoms with van der Waals surface area (Å²) in [5.41, 5.74) is 10.2. The molecule has 1 aromatic carbocycles. The number of halogens is 3. The quantitative estimate of drug-likeness (QED) is 0.595. The maximum atomic E-state index is 13.0. The predicted molar refractivity (Wildman–Crippen MR) is 122 cm³/mol. The van der Waals surface area contributed by atoms with Crippen LogP contribution in [0.5, 0.6) is 0 Å². The standard InChI is InChI=1S/C22H28N4O.C2HF3O2/c1-22(2)19(15-6-4-3-5-7-15)10-11-26(22)21(27)25-18-13-16-12-17(23)8-9-20(16)24-14-18;3-2(4,5)1(6)7/h3-7,13-14,17,19H,8-12,23H2,1-2H3,(H,25,27);(H,6,7). The van der Waals surface area contributed by atoms with Crippen LogP contribution in [0.2, 0.25) is 0 Å². The van der Waals surface area contributed by atoms with Gasteiger partial charge in [-0.3, -0.25) is 4.98 Å². The van der Waals surface area contributed by atoms with Gasteiger partial charge >= 0.3 is 18.2 Å². The second kappa shape index (κ2) is 10.0. The highest BCUT2D eigenvalue weighted by atomic mass is 19.4. The van der Waals surface area contributed by atoms with E-state index in [0.29, 0.717) is 5.92 Å². The lowest BCUT2D eigenvalue weighted by atomic mass is 9.83. The van der Waals surface area contributed by atoms with Crippen LogP contribution in [0.25, 0.3) is 0 Å². The summed E-state index contributed by atoms with van der Waals surface area (Å²) in [6, 6.07) is 12.7. The molecule has 0 saturated carbocycles. The molecule has 2 amide bonds. The number of nitrogens with one attached hydrogen (secondary N) is 1. The summed E-state index contributed by atoms with van der Waals surface area (Å²) in [6.45, 7) is 5.06. The zero-order valence-electron chi connectivity index (χ0n) is 19.1. The molecule has 2 unspecified atom stereocenters. The van der Waals surface area contributed by atoms with E-state index in [1.807, 2.05) is 17.0 Å². The van der Waals surface area contributed by atoms with Gasteiger partial charge in [0.1, 0.15) is 0 Å². The van der Waals surface area contributed by atoms with E-state index >= 15 is 0 Å². The Hall–Kier alpha value is -3.14. The number of nitrogens with two attached hydrogens (primary N) is 1. The number of aliphatic carboxylic acids is 1. The topological polar surface area (TPSA) is 109 Å². The number of carboxylic acids is 1. The third kappa shape index (κ3) is 5.85. The van der Waals surface area contributed by atoms with Crippen LogP contribution < -0.4 is 11.1 Å². The molecule has 1 aliphatic heterocycles. The van der Waals surface area contributed by atoms with Gasteiger partial charge < -0.3 is 21.1 Å². The van der Waals surface area contributed by atoms with Gasteiger partial charge in [0.05, 0.1) is 11.9 Å². The molecule has 1 saturated heterocycles. The van der Waals surface area contributed by atoms with Crippen molar-refractivity contribution in [1.29, 1.82) is 0 Å². The number of alkyl halides is 3. The minimum atomic E-state index is -5.08. The van der Waals surface area contributed by atoms with Crippen molar-refractivity contribution in [2.75, 3.05) is 11.9 Å². The van der Waals surface area contributed by atoms with Gasteiger partial charge in [-0.2, -0.15) is 13.2 Å². The lowest BCUT2D eigenvalue weighted by molar-refractivity contribution is -0.192. The first kappa shape index (κ1) is 25.5. The van der Waals surface area contributed by atoms with E-state index in [2.05, 4.69) is 48.4 Å². The summed E-state index contributed by atoms with van der Waals surface area (Å²) in [5.74, 6) is -2.42. The molecular formula is C24H29F3N4O3. The Balaban J connectivity index is 0.000000406. The molecule has 1 aromatic heterocycles. The van der Waals surface area contributed by atoms with Gasteiger partial charge in [-0.15, -0.1) is 0 Å². The van der Waals surface area contributed by atoms with Gasteiger partial charge in [-0.05, 0) is 56.7 Å². The summed E-state index contributed by atoms with van der Waals surface area (Å²) >= 11 is 0. The van der Waals surface area contributed by atoms with Crippen LogP contribution in [0.15, 0.2) is 42.6 Å². The number of aryl methyl sites for hydroxylation is 1. The molecule has 4 N–H and O–H groups in total. The number of carbonyl (C=O) groups excluding carboxylic acids is 1. The fourth-order valence-corrected chi connectivity index (χ4v) is 4.62. The number of hydrogen-bond acceptors (Lipinski definition) is 4. The first-order valence-corrected chi connectivity index (χ1v) is 11.1. The molecule has 10 heteroatoms. The Labute approximate surface area is 196 Å². The van der Waals surface area contributed by atoms with Crippen LogP contribution in [0.3, 0.4) is 0 Å². The maximum Gasteiger partial charge on any atom is 0.490 e. The molecule has 0 radical (unpaired) electrons. The summed E-state index contributed by atoms with van der Waals surface area (Å²) in [5, 5.41) is 10.2. The Kier molecular flexibility index (Phi) is 7.50. The molecule has 2 heterocycles. The first-order chi connectivity index (χ1) is 15.9. The Morgan fingerprint density at radius 1 is 1.21 bits per heavy atom. The number of carbonyl (C=O) groups is 2. The molecule has 2 aliphatic rings. The van der Waals surface area contributed by atoms with Crippen LogP contribution in [0.4, 0.5) is 23.7 Å². The number of carboxylic acid groups (broad SMARTS) is 1. The highest BCUT2D eigenvalue weighted by Crippen LogP contribution is 2.42. The van der Waals surface area contributed by atoms with E-state index in [1.165, 1.54) is 5.56 Å². The Bertz CT molecular complexity index is 1030. The summed E-state index contributed by atoms with van der Waals surface area (Å²) < 4.78 is 31.7. The fraction of sp³-hybridized carbons (Fsp3) is 0.458. The van der Waals surface area contributed by atoms with E-state index in [1.54, 1.807) is 6.20 Å².